The van der Waals surface area contributed by atoms with Gasteiger partial charge >= 0.3 is 0 Å². The lowest BCUT2D eigenvalue weighted by molar-refractivity contribution is 0.222. The molecule has 2 aromatic rings. The molecule has 0 bridgehead atoms. The highest BCUT2D eigenvalue weighted by molar-refractivity contribution is 7.89. The second-order valence-corrected chi connectivity index (χ2v) is 9.70. The van der Waals surface area contributed by atoms with E-state index in [1.54, 1.807) is 10.4 Å². The number of hydrogen-bond donors (Lipinski definition) is 1. The van der Waals surface area contributed by atoms with E-state index in [2.05, 4.69) is 18.8 Å². The van der Waals surface area contributed by atoms with Crippen LogP contribution in [0.15, 0.2) is 23.1 Å². The predicted molar refractivity (Wildman–Crippen MR) is 96.6 cm³/mol. The Morgan fingerprint density at radius 3 is 2.54 bits per heavy atom. The number of aryl methyl sites for hydroxylation is 2. The van der Waals surface area contributed by atoms with Gasteiger partial charge in [-0.15, -0.1) is 0 Å². The summed E-state index contributed by atoms with van der Waals surface area (Å²) < 4.78 is 27.9. The zero-order valence-corrected chi connectivity index (χ0v) is 15.3. The van der Waals surface area contributed by atoms with Gasteiger partial charge in [0.05, 0.1) is 4.90 Å². The van der Waals surface area contributed by atoms with Crippen LogP contribution in [0.2, 0.25) is 0 Å². The van der Waals surface area contributed by atoms with Gasteiger partial charge in [-0.1, -0.05) is 13.8 Å². The van der Waals surface area contributed by atoms with Crippen LogP contribution in [0.4, 0.5) is 0 Å². The van der Waals surface area contributed by atoms with E-state index in [0.29, 0.717) is 29.8 Å². The summed E-state index contributed by atoms with van der Waals surface area (Å²) >= 11 is 0. The Labute approximate surface area is 144 Å². The number of fused-ring (bicyclic) bond motifs is 3. The molecule has 1 saturated heterocycles. The van der Waals surface area contributed by atoms with Crippen LogP contribution in [0, 0.1) is 11.8 Å². The molecule has 4 rings (SSSR count). The number of H-pyrrole nitrogens is 1. The van der Waals surface area contributed by atoms with Crippen LogP contribution in [-0.2, 0) is 22.9 Å². The van der Waals surface area contributed by atoms with E-state index >= 15 is 0 Å². The Bertz CT molecular complexity index is 859. The Balaban J connectivity index is 1.75. The van der Waals surface area contributed by atoms with Crippen molar-refractivity contribution in [1.29, 1.82) is 0 Å². The average molecular weight is 346 g/mol. The number of benzene rings is 1. The van der Waals surface area contributed by atoms with E-state index in [1.807, 2.05) is 12.1 Å². The highest BCUT2D eigenvalue weighted by Gasteiger charge is 2.32. The first-order valence-electron chi connectivity index (χ1n) is 9.09. The highest BCUT2D eigenvalue weighted by Crippen LogP contribution is 2.32. The molecule has 2 aliphatic rings. The SMILES string of the molecule is C[C@@H]1C[C@@H](C)CN(S(=O)(=O)c2ccc3[nH]c4c(c3c2)CCCC4)C1. The van der Waals surface area contributed by atoms with Crippen LogP contribution in [0.25, 0.3) is 10.9 Å². The highest BCUT2D eigenvalue weighted by atomic mass is 32.2. The van der Waals surface area contributed by atoms with E-state index in [-0.39, 0.29) is 0 Å². The molecule has 130 valence electrons. The maximum Gasteiger partial charge on any atom is 0.243 e. The van der Waals surface area contributed by atoms with Gasteiger partial charge in [0.25, 0.3) is 0 Å². The summed E-state index contributed by atoms with van der Waals surface area (Å²) in [6.45, 7) is 5.56. The van der Waals surface area contributed by atoms with Gasteiger partial charge in [0.15, 0.2) is 0 Å². The molecular weight excluding hydrogens is 320 g/mol. The van der Waals surface area contributed by atoms with Crippen molar-refractivity contribution < 1.29 is 8.42 Å². The number of aromatic nitrogens is 1. The lowest BCUT2D eigenvalue weighted by atomic mass is 9.94. The Morgan fingerprint density at radius 1 is 1.08 bits per heavy atom. The summed E-state index contributed by atoms with van der Waals surface area (Å²) in [5.74, 6) is 0.847. The van der Waals surface area contributed by atoms with E-state index < -0.39 is 10.0 Å². The van der Waals surface area contributed by atoms with Gasteiger partial charge in [0.2, 0.25) is 10.0 Å². The molecule has 1 aromatic carbocycles. The van der Waals surface area contributed by atoms with Gasteiger partial charge in [0, 0.05) is 29.7 Å². The van der Waals surface area contributed by atoms with Crippen LogP contribution >= 0.6 is 0 Å². The minimum atomic E-state index is -3.40. The molecule has 1 aromatic heterocycles. The number of nitrogens with zero attached hydrogens (tertiary/aromatic N) is 1. The normalized spacial score (nSPS) is 25.8. The first kappa shape index (κ1) is 16.2. The number of piperidine rings is 1. The Morgan fingerprint density at radius 2 is 1.79 bits per heavy atom. The lowest BCUT2D eigenvalue weighted by Crippen LogP contribution is -2.42. The number of hydrogen-bond acceptors (Lipinski definition) is 2. The van der Waals surface area contributed by atoms with Crippen molar-refractivity contribution in [2.24, 2.45) is 11.8 Å². The molecule has 1 aliphatic carbocycles. The van der Waals surface area contributed by atoms with Crippen molar-refractivity contribution in [2.75, 3.05) is 13.1 Å². The molecule has 0 radical (unpaired) electrons. The molecule has 1 aliphatic heterocycles. The molecule has 1 N–H and O–H groups in total. The van der Waals surface area contributed by atoms with Crippen LogP contribution in [0.1, 0.15) is 44.4 Å². The summed E-state index contributed by atoms with van der Waals surface area (Å²) in [5.41, 5.74) is 3.70. The van der Waals surface area contributed by atoms with Crippen molar-refractivity contribution in [3.05, 3.63) is 29.5 Å². The zero-order chi connectivity index (χ0) is 16.9. The molecule has 0 spiro atoms. The summed E-state index contributed by atoms with van der Waals surface area (Å²) in [4.78, 5) is 3.93. The molecule has 0 saturated carbocycles. The van der Waals surface area contributed by atoms with Gasteiger partial charge in [-0.2, -0.15) is 4.31 Å². The summed E-state index contributed by atoms with van der Waals surface area (Å²) in [6, 6.07) is 5.61. The quantitative estimate of drug-likeness (QED) is 0.901. The summed E-state index contributed by atoms with van der Waals surface area (Å²) in [5, 5.41) is 1.10. The lowest BCUT2D eigenvalue weighted by Gasteiger charge is -2.34. The van der Waals surface area contributed by atoms with Gasteiger partial charge in [-0.3, -0.25) is 0 Å². The van der Waals surface area contributed by atoms with Crippen LogP contribution in [0.3, 0.4) is 0 Å². The van der Waals surface area contributed by atoms with E-state index in [0.717, 1.165) is 30.2 Å². The topological polar surface area (TPSA) is 53.2 Å². The number of aromatic amines is 1. The minimum Gasteiger partial charge on any atom is -0.358 e. The first-order chi connectivity index (χ1) is 11.4. The molecule has 0 unspecified atom stereocenters. The van der Waals surface area contributed by atoms with E-state index in [4.69, 9.17) is 0 Å². The van der Waals surface area contributed by atoms with Crippen LogP contribution in [-0.4, -0.2) is 30.8 Å². The van der Waals surface area contributed by atoms with Crippen molar-refractivity contribution in [1.82, 2.24) is 9.29 Å². The minimum absolute atomic E-state index is 0.423. The molecule has 24 heavy (non-hydrogen) atoms. The molecule has 2 heterocycles. The predicted octanol–water partition coefficient (Wildman–Crippen LogP) is 3.71. The average Bonchev–Trinajstić information content (AvgIpc) is 2.91. The molecule has 4 nitrogen and oxygen atoms in total. The second-order valence-electron chi connectivity index (χ2n) is 7.76. The second kappa shape index (κ2) is 5.88. The third kappa shape index (κ3) is 2.68. The van der Waals surface area contributed by atoms with E-state index in [9.17, 15) is 8.42 Å². The van der Waals surface area contributed by atoms with Crippen LogP contribution in [0.5, 0.6) is 0 Å². The summed E-state index contributed by atoms with van der Waals surface area (Å²) in [7, 11) is -3.40. The molecule has 2 atom stereocenters. The van der Waals surface area contributed by atoms with Crippen molar-refractivity contribution in [3.8, 4) is 0 Å². The monoisotopic (exact) mass is 346 g/mol. The molecule has 1 fully saturated rings. The molecular formula is C19H26N2O2S. The van der Waals surface area contributed by atoms with Gasteiger partial charge < -0.3 is 4.98 Å². The first-order valence-corrected chi connectivity index (χ1v) is 10.5. The zero-order valence-electron chi connectivity index (χ0n) is 14.5. The summed E-state index contributed by atoms with van der Waals surface area (Å²) in [6.07, 6.45) is 5.65. The fraction of sp³-hybridized carbons (Fsp3) is 0.579. The largest absolute Gasteiger partial charge is 0.358 e. The fourth-order valence-corrected chi connectivity index (χ4v) is 6.20. The third-order valence-electron chi connectivity index (χ3n) is 5.54. The Kier molecular flexibility index (Phi) is 3.96. The fourth-order valence-electron chi connectivity index (χ4n) is 4.50. The van der Waals surface area contributed by atoms with Crippen molar-refractivity contribution >= 4 is 20.9 Å². The van der Waals surface area contributed by atoms with E-state index in [1.165, 1.54) is 24.1 Å². The number of sulfonamides is 1. The van der Waals surface area contributed by atoms with Crippen LogP contribution < -0.4 is 0 Å². The molecule has 0 amide bonds. The third-order valence-corrected chi connectivity index (χ3v) is 7.37. The number of rotatable bonds is 2. The van der Waals surface area contributed by atoms with Gasteiger partial charge in [0.1, 0.15) is 0 Å². The maximum atomic E-state index is 13.1. The van der Waals surface area contributed by atoms with Gasteiger partial charge in [-0.05, 0) is 67.7 Å². The van der Waals surface area contributed by atoms with Crippen molar-refractivity contribution in [3.63, 3.8) is 0 Å². The molecule has 5 heteroatoms. The smallest absolute Gasteiger partial charge is 0.243 e. The number of nitrogens with one attached hydrogen (secondary N) is 1. The van der Waals surface area contributed by atoms with Crippen molar-refractivity contribution in [2.45, 2.75) is 50.8 Å². The maximum absolute atomic E-state index is 13.1. The van der Waals surface area contributed by atoms with Gasteiger partial charge in [-0.25, -0.2) is 8.42 Å². The standard InChI is InChI=1S/C19H26N2O2S/c1-13-9-14(2)12-21(11-13)24(22,23)15-7-8-19-17(10-15)16-5-3-4-6-18(16)20-19/h7-8,10,13-14,20H,3-6,9,11-12H2,1-2H3/t13-,14-/m1/s1. The Hall–Kier alpha value is -1.33.